The average Bonchev–Trinajstić information content (AvgIpc) is 2.77. The highest BCUT2D eigenvalue weighted by molar-refractivity contribution is 5.98. The Morgan fingerprint density at radius 1 is 1.29 bits per heavy atom. The summed E-state index contributed by atoms with van der Waals surface area (Å²) < 4.78 is 0. The predicted octanol–water partition coefficient (Wildman–Crippen LogP) is 8.73. The highest BCUT2D eigenvalue weighted by Crippen LogP contribution is 2.38. The van der Waals surface area contributed by atoms with Gasteiger partial charge in [0.1, 0.15) is 0 Å². The van der Waals surface area contributed by atoms with Crippen molar-refractivity contribution in [3.63, 3.8) is 0 Å². The topological polar surface area (TPSA) is 23.9 Å². The quantitative estimate of drug-likeness (QED) is 0.309. The van der Waals surface area contributed by atoms with Crippen molar-refractivity contribution in [2.24, 2.45) is 0 Å². The van der Waals surface area contributed by atoms with Crippen molar-refractivity contribution in [3.05, 3.63) is 94.6 Å². The third-order valence-electron chi connectivity index (χ3n) is 6.95. The van der Waals surface area contributed by atoms with Crippen LogP contribution in [0.25, 0.3) is 0 Å². The first kappa shape index (κ1) is 23.3. The second-order valence-corrected chi connectivity index (χ2v) is 9.50. The Bertz CT molecular complexity index is 937. The Hall–Kier alpha value is -2.41. The fourth-order valence-corrected chi connectivity index (χ4v) is 5.06. The van der Waals surface area contributed by atoms with Gasteiger partial charge in [0.2, 0.25) is 0 Å². The molecule has 0 radical (unpaired) electrons. The van der Waals surface area contributed by atoms with E-state index in [0.717, 1.165) is 50.5 Å². The molecule has 1 nitrogen and oxygen atoms in total. The molecule has 31 heavy (non-hydrogen) atoms. The molecule has 1 N–H and O–H groups in total. The van der Waals surface area contributed by atoms with Gasteiger partial charge in [-0.05, 0) is 117 Å². The SMILES string of the molecule is C=CCCC(C)c1cc(C2CCC=C(C)C2)cc(C(C)=N)c1CC(=C)C1=CC=CCC1. The molecule has 0 bridgehead atoms. The molecule has 0 saturated heterocycles. The van der Waals surface area contributed by atoms with Gasteiger partial charge in [0, 0.05) is 5.71 Å². The van der Waals surface area contributed by atoms with Crippen LogP contribution in [0, 0.1) is 5.41 Å². The fraction of sp³-hybridized carbons (Fsp3) is 0.433. The van der Waals surface area contributed by atoms with Crippen LogP contribution in [0.2, 0.25) is 0 Å². The number of allylic oxidation sites excluding steroid dienone is 8. The smallest absolute Gasteiger partial charge is 0.0358 e. The zero-order valence-electron chi connectivity index (χ0n) is 19.8. The highest BCUT2D eigenvalue weighted by Gasteiger charge is 2.23. The maximum absolute atomic E-state index is 8.61. The van der Waals surface area contributed by atoms with Gasteiger partial charge in [-0.2, -0.15) is 0 Å². The second kappa shape index (κ2) is 10.8. The summed E-state index contributed by atoms with van der Waals surface area (Å²) >= 11 is 0. The van der Waals surface area contributed by atoms with Crippen LogP contribution < -0.4 is 0 Å². The largest absolute Gasteiger partial charge is 0.305 e. The summed E-state index contributed by atoms with van der Waals surface area (Å²) in [6.45, 7) is 14.9. The molecule has 0 fully saturated rings. The highest BCUT2D eigenvalue weighted by atomic mass is 14.4. The molecule has 2 aliphatic rings. The summed E-state index contributed by atoms with van der Waals surface area (Å²) in [7, 11) is 0. The van der Waals surface area contributed by atoms with Crippen LogP contribution in [-0.4, -0.2) is 5.71 Å². The van der Waals surface area contributed by atoms with Gasteiger partial charge in [0.25, 0.3) is 0 Å². The van der Waals surface area contributed by atoms with Gasteiger partial charge < -0.3 is 5.41 Å². The Labute approximate surface area is 189 Å². The summed E-state index contributed by atoms with van der Waals surface area (Å²) in [6, 6.07) is 4.80. The normalized spacial score (nSPS) is 19.4. The molecule has 2 unspecified atom stereocenters. The average molecular weight is 414 g/mol. The number of hydrogen-bond acceptors (Lipinski definition) is 1. The molecule has 0 aromatic heterocycles. The standard InChI is InChI=1S/C30H39N/c1-6-7-13-22(3)28-19-27(26-16-11-12-21(2)17-26)20-29(24(5)31)30(28)18-23(4)25-14-9-8-10-15-25/h6,8-9,12,14,19-20,22,26,31H,1,4,7,10-11,13,15-18H2,2-3,5H3. The maximum atomic E-state index is 8.61. The molecule has 1 aromatic carbocycles. The van der Waals surface area contributed by atoms with E-state index in [4.69, 9.17) is 5.41 Å². The summed E-state index contributed by atoms with van der Waals surface area (Å²) in [5.41, 5.74) is 10.0. The molecular weight excluding hydrogens is 374 g/mol. The van der Waals surface area contributed by atoms with E-state index in [9.17, 15) is 0 Å². The van der Waals surface area contributed by atoms with Crippen LogP contribution in [0.1, 0.15) is 99.8 Å². The monoisotopic (exact) mass is 413 g/mol. The maximum Gasteiger partial charge on any atom is 0.0358 e. The Morgan fingerprint density at radius 3 is 2.74 bits per heavy atom. The minimum Gasteiger partial charge on any atom is -0.305 e. The Morgan fingerprint density at radius 2 is 2.10 bits per heavy atom. The minimum absolute atomic E-state index is 0.444. The van der Waals surface area contributed by atoms with Crippen molar-refractivity contribution in [2.75, 3.05) is 0 Å². The van der Waals surface area contributed by atoms with E-state index in [2.05, 4.69) is 63.4 Å². The van der Waals surface area contributed by atoms with E-state index in [-0.39, 0.29) is 0 Å². The van der Waals surface area contributed by atoms with E-state index in [1.54, 1.807) is 0 Å². The van der Waals surface area contributed by atoms with Crippen molar-refractivity contribution >= 4 is 5.71 Å². The zero-order valence-corrected chi connectivity index (χ0v) is 19.8. The van der Waals surface area contributed by atoms with Crippen LogP contribution in [0.5, 0.6) is 0 Å². The minimum atomic E-state index is 0.444. The van der Waals surface area contributed by atoms with Crippen molar-refractivity contribution in [1.29, 1.82) is 5.41 Å². The molecule has 0 amide bonds. The third kappa shape index (κ3) is 5.85. The molecule has 1 aromatic rings. The lowest BCUT2D eigenvalue weighted by Gasteiger charge is -2.27. The number of hydrogen-bond donors (Lipinski definition) is 1. The van der Waals surface area contributed by atoms with E-state index in [0.29, 0.717) is 17.5 Å². The molecule has 2 aliphatic carbocycles. The van der Waals surface area contributed by atoms with Gasteiger partial charge in [-0.15, -0.1) is 6.58 Å². The Balaban J connectivity index is 2.05. The van der Waals surface area contributed by atoms with E-state index in [1.165, 1.54) is 39.8 Å². The summed E-state index contributed by atoms with van der Waals surface area (Å²) in [6.07, 6.45) is 19.6. The number of nitrogens with one attached hydrogen (secondary N) is 1. The molecule has 3 rings (SSSR count). The van der Waals surface area contributed by atoms with Gasteiger partial charge in [0.05, 0.1) is 0 Å². The summed E-state index contributed by atoms with van der Waals surface area (Å²) in [4.78, 5) is 0. The van der Waals surface area contributed by atoms with Crippen LogP contribution in [0.15, 0.2) is 72.4 Å². The first-order chi connectivity index (χ1) is 14.9. The van der Waals surface area contributed by atoms with Gasteiger partial charge in [-0.1, -0.05) is 55.5 Å². The lowest BCUT2D eigenvalue weighted by Crippen LogP contribution is -2.13. The van der Waals surface area contributed by atoms with E-state index >= 15 is 0 Å². The molecule has 2 atom stereocenters. The summed E-state index contributed by atoms with van der Waals surface area (Å²) in [5, 5.41) is 8.61. The Kier molecular flexibility index (Phi) is 8.07. The third-order valence-corrected chi connectivity index (χ3v) is 6.95. The van der Waals surface area contributed by atoms with Crippen molar-refractivity contribution in [1.82, 2.24) is 0 Å². The number of benzene rings is 1. The zero-order chi connectivity index (χ0) is 22.4. The molecule has 1 heteroatoms. The first-order valence-corrected chi connectivity index (χ1v) is 11.9. The lowest BCUT2D eigenvalue weighted by molar-refractivity contribution is 0.592. The molecule has 0 aliphatic heterocycles. The molecule has 0 heterocycles. The van der Waals surface area contributed by atoms with Crippen molar-refractivity contribution < 1.29 is 0 Å². The van der Waals surface area contributed by atoms with Crippen molar-refractivity contribution in [3.8, 4) is 0 Å². The van der Waals surface area contributed by atoms with Gasteiger partial charge in [0.15, 0.2) is 0 Å². The van der Waals surface area contributed by atoms with E-state index in [1.807, 2.05) is 13.0 Å². The van der Waals surface area contributed by atoms with Crippen molar-refractivity contribution in [2.45, 2.75) is 84.0 Å². The van der Waals surface area contributed by atoms with Crippen LogP contribution in [0.4, 0.5) is 0 Å². The number of rotatable bonds is 9. The molecular formula is C30H39N. The van der Waals surface area contributed by atoms with Crippen LogP contribution in [-0.2, 0) is 6.42 Å². The van der Waals surface area contributed by atoms with Gasteiger partial charge >= 0.3 is 0 Å². The second-order valence-electron chi connectivity index (χ2n) is 9.50. The molecule has 164 valence electrons. The lowest BCUT2D eigenvalue weighted by atomic mass is 9.78. The van der Waals surface area contributed by atoms with Gasteiger partial charge in [-0.3, -0.25) is 0 Å². The summed E-state index contributed by atoms with van der Waals surface area (Å²) in [5.74, 6) is 1.01. The molecule has 0 saturated carbocycles. The van der Waals surface area contributed by atoms with Gasteiger partial charge in [-0.25, -0.2) is 0 Å². The predicted molar refractivity (Wildman–Crippen MR) is 136 cm³/mol. The van der Waals surface area contributed by atoms with Crippen LogP contribution >= 0.6 is 0 Å². The van der Waals surface area contributed by atoms with Crippen LogP contribution in [0.3, 0.4) is 0 Å². The van der Waals surface area contributed by atoms with E-state index < -0.39 is 0 Å². The molecule has 0 spiro atoms. The fourth-order valence-electron chi connectivity index (χ4n) is 5.06. The first-order valence-electron chi connectivity index (χ1n) is 11.9.